The van der Waals surface area contributed by atoms with E-state index in [2.05, 4.69) is 71.9 Å². The maximum atomic E-state index is 6.95. The van der Waals surface area contributed by atoms with Gasteiger partial charge in [-0.25, -0.2) is 5.84 Å². The topological polar surface area (TPSA) is 61.2 Å². The van der Waals surface area contributed by atoms with E-state index in [1.165, 1.54) is 5.57 Å². The number of nitrogens with two attached hydrogens (primary N) is 1. The third-order valence-corrected chi connectivity index (χ3v) is 7.05. The van der Waals surface area contributed by atoms with E-state index in [9.17, 15) is 0 Å². The van der Waals surface area contributed by atoms with Crippen molar-refractivity contribution in [3.8, 4) is 0 Å². The number of rotatable bonds is 6. The number of para-hydroxylation sites is 1. The molecule has 1 saturated heterocycles. The highest BCUT2D eigenvalue weighted by atomic mass is 35.5. The van der Waals surface area contributed by atoms with Gasteiger partial charge in [-0.3, -0.25) is 10.1 Å². The van der Waals surface area contributed by atoms with Gasteiger partial charge in [-0.2, -0.15) is 5.10 Å². The van der Waals surface area contributed by atoms with Crippen molar-refractivity contribution in [2.45, 2.75) is 40.5 Å². The van der Waals surface area contributed by atoms with Crippen molar-refractivity contribution in [3.63, 3.8) is 0 Å². The summed E-state index contributed by atoms with van der Waals surface area (Å²) >= 11 is 6.65. The first-order valence-electron chi connectivity index (χ1n) is 12.0. The van der Waals surface area contributed by atoms with Crippen molar-refractivity contribution in [2.24, 2.45) is 5.84 Å². The minimum absolute atomic E-state index is 0.669. The van der Waals surface area contributed by atoms with Crippen LogP contribution in [-0.2, 0) is 0 Å². The van der Waals surface area contributed by atoms with E-state index in [4.69, 9.17) is 17.4 Å². The second-order valence-corrected chi connectivity index (χ2v) is 9.64. The number of hydrogen-bond acceptors (Lipinski definition) is 4. The number of aromatic nitrogens is 2. The first-order chi connectivity index (χ1) is 16.8. The lowest BCUT2D eigenvalue weighted by atomic mass is 9.96. The van der Waals surface area contributed by atoms with Gasteiger partial charge in [-0.05, 0) is 75.4 Å². The van der Waals surface area contributed by atoms with Crippen molar-refractivity contribution in [3.05, 3.63) is 99.9 Å². The van der Waals surface area contributed by atoms with Crippen molar-refractivity contribution >= 4 is 33.9 Å². The van der Waals surface area contributed by atoms with Gasteiger partial charge in [0.15, 0.2) is 0 Å². The molecule has 35 heavy (non-hydrogen) atoms. The van der Waals surface area contributed by atoms with Crippen LogP contribution in [0.15, 0.2) is 83.2 Å². The van der Waals surface area contributed by atoms with Gasteiger partial charge in [0.1, 0.15) is 0 Å². The molecule has 182 valence electrons. The maximum Gasteiger partial charge on any atom is 0.0657 e. The number of anilines is 1. The Balaban J connectivity index is 1.81. The van der Waals surface area contributed by atoms with Crippen LogP contribution < -0.4 is 10.9 Å². The third-order valence-electron chi connectivity index (χ3n) is 6.73. The van der Waals surface area contributed by atoms with Gasteiger partial charge < -0.3 is 4.90 Å². The predicted octanol–water partition coefficient (Wildman–Crippen LogP) is 6.97. The molecule has 5 nitrogen and oxygen atoms in total. The number of aryl methyl sites for hydroxylation is 2. The number of aromatic amines is 1. The summed E-state index contributed by atoms with van der Waals surface area (Å²) in [6.45, 7) is 14.2. The molecule has 0 saturated carbocycles. The van der Waals surface area contributed by atoms with Crippen LogP contribution in [0.25, 0.3) is 16.6 Å². The summed E-state index contributed by atoms with van der Waals surface area (Å²) in [5.41, 5.74) is 9.61. The van der Waals surface area contributed by atoms with Gasteiger partial charge in [0.25, 0.3) is 0 Å². The first kappa shape index (κ1) is 24.8. The Kier molecular flexibility index (Phi) is 7.48. The van der Waals surface area contributed by atoms with Crippen molar-refractivity contribution in [2.75, 3.05) is 18.1 Å². The van der Waals surface area contributed by atoms with Gasteiger partial charge in [0.2, 0.25) is 0 Å². The van der Waals surface area contributed by atoms with Crippen LogP contribution in [0.4, 0.5) is 5.69 Å². The zero-order valence-corrected chi connectivity index (χ0v) is 21.8. The Morgan fingerprint density at radius 2 is 1.97 bits per heavy atom. The molecule has 2 aromatic carbocycles. The molecule has 1 fully saturated rings. The number of H-pyrrole nitrogens is 1. The molecule has 0 unspecified atom stereocenters. The quantitative estimate of drug-likeness (QED) is 0.224. The summed E-state index contributed by atoms with van der Waals surface area (Å²) in [4.78, 5) is 2.26. The normalized spacial score (nSPS) is 16.6. The molecule has 3 aromatic rings. The van der Waals surface area contributed by atoms with E-state index in [-0.39, 0.29) is 0 Å². The van der Waals surface area contributed by atoms with Crippen LogP contribution in [-0.4, -0.2) is 28.2 Å². The summed E-state index contributed by atoms with van der Waals surface area (Å²) in [6, 6.07) is 12.6. The van der Waals surface area contributed by atoms with Crippen LogP contribution >= 0.6 is 11.6 Å². The summed E-state index contributed by atoms with van der Waals surface area (Å²) in [5, 5.41) is 10.8. The van der Waals surface area contributed by atoms with E-state index < -0.39 is 0 Å². The Bertz CT molecular complexity index is 1320. The second-order valence-electron chi connectivity index (χ2n) is 9.23. The number of benzene rings is 2. The fourth-order valence-electron chi connectivity index (χ4n) is 4.71. The molecular weight excluding hydrogens is 454 g/mol. The number of nitrogens with zero attached hydrogens (tertiary/aromatic N) is 3. The molecule has 1 aliphatic heterocycles. The first-order valence-corrected chi connectivity index (χ1v) is 12.4. The van der Waals surface area contributed by atoms with Crippen molar-refractivity contribution in [1.82, 2.24) is 15.1 Å². The number of piperidine rings is 1. The Morgan fingerprint density at radius 1 is 1.23 bits per heavy atom. The average molecular weight is 488 g/mol. The molecule has 0 spiro atoms. The second kappa shape index (κ2) is 10.5. The minimum atomic E-state index is 0.669. The summed E-state index contributed by atoms with van der Waals surface area (Å²) < 4.78 is 0. The van der Waals surface area contributed by atoms with E-state index in [1.54, 1.807) is 0 Å². The SMILES string of the molecule is C=C(/C(Cl)=C\C(C)=C/C)N1CCC/C(=C(/c2ccc3[nH]ncc3c2)N(N)c2c(C)cccc2C)C1. The summed E-state index contributed by atoms with van der Waals surface area (Å²) in [5.74, 6) is 6.95. The molecule has 4 rings (SSSR count). The number of allylic oxidation sites excluding steroid dienone is 4. The van der Waals surface area contributed by atoms with Crippen LogP contribution in [0, 0.1) is 13.8 Å². The maximum absolute atomic E-state index is 6.95. The summed E-state index contributed by atoms with van der Waals surface area (Å²) in [7, 11) is 0. The Hall–Kier alpha value is -3.28. The number of halogens is 1. The monoisotopic (exact) mass is 487 g/mol. The van der Waals surface area contributed by atoms with Crippen LogP contribution in [0.3, 0.4) is 0 Å². The van der Waals surface area contributed by atoms with Crippen molar-refractivity contribution < 1.29 is 0 Å². The van der Waals surface area contributed by atoms with Gasteiger partial charge in [0.05, 0.1) is 28.1 Å². The van der Waals surface area contributed by atoms with Crippen LogP contribution in [0.5, 0.6) is 0 Å². The van der Waals surface area contributed by atoms with E-state index in [0.717, 1.165) is 76.2 Å². The van der Waals surface area contributed by atoms with E-state index >= 15 is 0 Å². The lowest BCUT2D eigenvalue weighted by Gasteiger charge is -2.36. The molecule has 6 heteroatoms. The predicted molar refractivity (Wildman–Crippen MR) is 149 cm³/mol. The number of hydrazine groups is 1. The van der Waals surface area contributed by atoms with Gasteiger partial charge >= 0.3 is 0 Å². The van der Waals surface area contributed by atoms with Crippen LogP contribution in [0.2, 0.25) is 0 Å². The largest absolute Gasteiger partial charge is 0.367 e. The van der Waals surface area contributed by atoms with E-state index in [0.29, 0.717) is 5.03 Å². The zero-order chi connectivity index (χ0) is 25.1. The molecule has 0 atom stereocenters. The molecule has 1 aromatic heterocycles. The lowest BCUT2D eigenvalue weighted by molar-refractivity contribution is 0.341. The molecule has 0 bridgehead atoms. The number of likely N-dealkylation sites (tertiary alicyclic amines) is 1. The fourth-order valence-corrected chi connectivity index (χ4v) is 5.01. The summed E-state index contributed by atoms with van der Waals surface area (Å²) in [6.07, 6.45) is 7.82. The molecule has 2 heterocycles. The van der Waals surface area contributed by atoms with Gasteiger partial charge in [-0.15, -0.1) is 0 Å². The molecular formula is C29H34ClN5. The highest BCUT2D eigenvalue weighted by molar-refractivity contribution is 6.32. The molecule has 0 aliphatic carbocycles. The number of fused-ring (bicyclic) bond motifs is 1. The minimum Gasteiger partial charge on any atom is -0.367 e. The molecule has 3 N–H and O–H groups in total. The average Bonchev–Trinajstić information content (AvgIpc) is 3.32. The smallest absolute Gasteiger partial charge is 0.0657 e. The third kappa shape index (κ3) is 5.21. The molecule has 0 amide bonds. The molecule has 1 aliphatic rings. The Labute approximate surface area is 213 Å². The molecule has 0 radical (unpaired) electrons. The highest BCUT2D eigenvalue weighted by Crippen LogP contribution is 2.36. The highest BCUT2D eigenvalue weighted by Gasteiger charge is 2.25. The van der Waals surface area contributed by atoms with E-state index in [1.807, 2.05) is 37.2 Å². The fraction of sp³-hybridized carbons (Fsp3) is 0.276. The van der Waals surface area contributed by atoms with Crippen LogP contribution in [0.1, 0.15) is 43.4 Å². The standard InChI is InChI=1S/C29H34ClN5/c1-6-19(2)15-26(30)22(5)34-14-8-11-24(18-34)29(23-12-13-27-25(16-23)17-32-33-27)35(31)28-20(3)9-7-10-21(28)4/h6-7,9-10,12-13,15-17H,5,8,11,14,18,31H2,1-4H3,(H,32,33)/b19-6-,26-15+,29-24+. The van der Waals surface area contributed by atoms with Gasteiger partial charge in [0, 0.05) is 29.7 Å². The number of nitrogens with one attached hydrogen (secondary N) is 1. The Morgan fingerprint density at radius 3 is 2.69 bits per heavy atom. The van der Waals surface area contributed by atoms with Crippen molar-refractivity contribution in [1.29, 1.82) is 0 Å². The zero-order valence-electron chi connectivity index (χ0n) is 21.0. The lowest BCUT2D eigenvalue weighted by Crippen LogP contribution is -2.36. The number of hydrogen-bond donors (Lipinski definition) is 2. The van der Waals surface area contributed by atoms with Gasteiger partial charge in [-0.1, -0.05) is 54.1 Å².